The van der Waals surface area contributed by atoms with Gasteiger partial charge in [0, 0.05) is 12.1 Å². The Hall–Kier alpha value is -1.47. The molecular weight excluding hydrogens is 208 g/mol. The monoisotopic (exact) mass is 216 g/mol. The number of nitro groups is 1. The summed E-state index contributed by atoms with van der Waals surface area (Å²) >= 11 is -2.22. The normalized spacial score (nSPS) is 12.1. The lowest BCUT2D eigenvalue weighted by Crippen LogP contribution is -2.03. The number of nitrogens with zero attached hydrogens (tertiary/aromatic N) is 1. The Balaban J connectivity index is 3.08. The molecule has 0 saturated carbocycles. The van der Waals surface area contributed by atoms with Gasteiger partial charge in [-0.2, -0.15) is 0 Å². The van der Waals surface area contributed by atoms with Crippen molar-refractivity contribution in [3.8, 4) is 0 Å². The molecule has 0 aromatic heterocycles. The SMILES string of the molecule is Cc1ccc([N+](=O)[O-])cc1NS(=O)O. The highest BCUT2D eigenvalue weighted by Crippen LogP contribution is 2.21. The maximum absolute atomic E-state index is 10.4. The van der Waals surface area contributed by atoms with E-state index in [0.717, 1.165) is 0 Å². The first kappa shape index (κ1) is 10.6. The highest BCUT2D eigenvalue weighted by Gasteiger charge is 2.09. The number of hydrogen-bond donors (Lipinski definition) is 2. The lowest BCUT2D eigenvalue weighted by atomic mass is 10.2. The van der Waals surface area contributed by atoms with Gasteiger partial charge in [-0.1, -0.05) is 6.07 Å². The molecule has 0 aliphatic heterocycles. The van der Waals surface area contributed by atoms with Gasteiger partial charge in [-0.15, -0.1) is 0 Å². The molecule has 14 heavy (non-hydrogen) atoms. The summed E-state index contributed by atoms with van der Waals surface area (Å²) in [7, 11) is 0. The van der Waals surface area contributed by atoms with Crippen LogP contribution in [0.1, 0.15) is 5.56 Å². The third-order valence-electron chi connectivity index (χ3n) is 1.63. The molecule has 1 aromatic rings. The van der Waals surface area contributed by atoms with Crippen LogP contribution >= 0.6 is 0 Å². The molecule has 7 heteroatoms. The molecule has 6 nitrogen and oxygen atoms in total. The van der Waals surface area contributed by atoms with E-state index in [1.807, 2.05) is 0 Å². The van der Waals surface area contributed by atoms with Gasteiger partial charge < -0.3 is 0 Å². The van der Waals surface area contributed by atoms with Crippen molar-refractivity contribution in [2.45, 2.75) is 6.92 Å². The van der Waals surface area contributed by atoms with Crippen LogP contribution in [-0.4, -0.2) is 13.7 Å². The number of non-ortho nitro benzene ring substituents is 1. The van der Waals surface area contributed by atoms with E-state index in [9.17, 15) is 14.3 Å². The zero-order chi connectivity index (χ0) is 10.7. The Morgan fingerprint density at radius 2 is 2.21 bits per heavy atom. The Morgan fingerprint density at radius 3 is 2.71 bits per heavy atom. The first-order chi connectivity index (χ1) is 6.50. The number of nitro benzene ring substituents is 1. The Kier molecular flexibility index (Phi) is 3.15. The smallest absolute Gasteiger partial charge is 0.271 e. The van der Waals surface area contributed by atoms with Crippen molar-refractivity contribution in [2.24, 2.45) is 0 Å². The van der Waals surface area contributed by atoms with Gasteiger partial charge in [0.25, 0.3) is 17.0 Å². The van der Waals surface area contributed by atoms with E-state index in [1.54, 1.807) is 6.92 Å². The summed E-state index contributed by atoms with van der Waals surface area (Å²) in [6, 6.07) is 4.05. The van der Waals surface area contributed by atoms with E-state index in [4.69, 9.17) is 4.55 Å². The second kappa shape index (κ2) is 4.16. The number of benzene rings is 1. The predicted molar refractivity (Wildman–Crippen MR) is 52.2 cm³/mol. The van der Waals surface area contributed by atoms with Crippen LogP contribution < -0.4 is 4.72 Å². The number of rotatable bonds is 3. The topological polar surface area (TPSA) is 92.5 Å². The lowest BCUT2D eigenvalue weighted by Gasteiger charge is -2.04. The van der Waals surface area contributed by atoms with Crippen molar-refractivity contribution in [1.29, 1.82) is 0 Å². The number of aryl methyl sites for hydroxylation is 1. The first-order valence-electron chi connectivity index (χ1n) is 3.63. The summed E-state index contributed by atoms with van der Waals surface area (Å²) in [5.74, 6) is 0. The van der Waals surface area contributed by atoms with Crippen LogP contribution in [0.25, 0.3) is 0 Å². The highest BCUT2D eigenvalue weighted by atomic mass is 32.2. The molecule has 1 rings (SSSR count). The van der Waals surface area contributed by atoms with Gasteiger partial charge in [0.15, 0.2) is 0 Å². The first-order valence-corrected chi connectivity index (χ1v) is 4.74. The minimum absolute atomic E-state index is 0.122. The van der Waals surface area contributed by atoms with E-state index in [-0.39, 0.29) is 11.4 Å². The maximum Gasteiger partial charge on any atom is 0.271 e. The van der Waals surface area contributed by atoms with E-state index >= 15 is 0 Å². The van der Waals surface area contributed by atoms with E-state index in [0.29, 0.717) is 5.56 Å². The average Bonchev–Trinajstić information content (AvgIpc) is 2.07. The summed E-state index contributed by atoms with van der Waals surface area (Å²) in [6.45, 7) is 1.68. The van der Waals surface area contributed by atoms with Crippen LogP contribution in [0.15, 0.2) is 18.2 Å². The Labute approximate surface area is 82.5 Å². The molecule has 1 aromatic carbocycles. The predicted octanol–water partition coefficient (Wildman–Crippen LogP) is 1.45. The van der Waals surface area contributed by atoms with Crippen molar-refractivity contribution in [3.05, 3.63) is 33.9 Å². The average molecular weight is 216 g/mol. The number of anilines is 1. The molecule has 1 atom stereocenters. The van der Waals surface area contributed by atoms with Crippen LogP contribution in [0, 0.1) is 17.0 Å². The van der Waals surface area contributed by atoms with Gasteiger partial charge >= 0.3 is 0 Å². The molecule has 0 amide bonds. The molecule has 1 unspecified atom stereocenters. The van der Waals surface area contributed by atoms with Gasteiger partial charge in [0.2, 0.25) is 0 Å². The molecule has 2 N–H and O–H groups in total. The van der Waals surface area contributed by atoms with Crippen LogP contribution in [0.3, 0.4) is 0 Å². The minimum atomic E-state index is -2.22. The molecule has 0 radical (unpaired) electrons. The van der Waals surface area contributed by atoms with Crippen LogP contribution in [0.4, 0.5) is 11.4 Å². The second-order valence-electron chi connectivity index (χ2n) is 2.61. The van der Waals surface area contributed by atoms with Crippen LogP contribution in [0.2, 0.25) is 0 Å². The van der Waals surface area contributed by atoms with Crippen molar-refractivity contribution < 1.29 is 13.7 Å². The van der Waals surface area contributed by atoms with E-state index < -0.39 is 16.2 Å². The van der Waals surface area contributed by atoms with Gasteiger partial charge in [-0.05, 0) is 12.5 Å². The van der Waals surface area contributed by atoms with Gasteiger partial charge in [-0.3, -0.25) is 19.4 Å². The minimum Gasteiger partial charge on any atom is -0.289 e. The lowest BCUT2D eigenvalue weighted by molar-refractivity contribution is -0.384. The molecular formula is C7H8N2O4S. The third kappa shape index (κ3) is 2.51. The Morgan fingerprint density at radius 1 is 1.57 bits per heavy atom. The largest absolute Gasteiger partial charge is 0.289 e. The number of hydrogen-bond acceptors (Lipinski definition) is 3. The van der Waals surface area contributed by atoms with Gasteiger partial charge in [0.05, 0.1) is 10.6 Å². The zero-order valence-electron chi connectivity index (χ0n) is 7.26. The summed E-state index contributed by atoms with van der Waals surface area (Å²) < 4.78 is 21.2. The maximum atomic E-state index is 10.4. The summed E-state index contributed by atoms with van der Waals surface area (Å²) in [5.41, 5.74) is 0.821. The molecule has 0 heterocycles. The van der Waals surface area contributed by atoms with Gasteiger partial charge in [0.1, 0.15) is 0 Å². The second-order valence-corrected chi connectivity index (χ2v) is 3.31. The zero-order valence-corrected chi connectivity index (χ0v) is 8.08. The van der Waals surface area contributed by atoms with Crippen molar-refractivity contribution in [1.82, 2.24) is 0 Å². The quantitative estimate of drug-likeness (QED) is 0.454. The van der Waals surface area contributed by atoms with E-state index in [1.165, 1.54) is 18.2 Å². The van der Waals surface area contributed by atoms with Crippen molar-refractivity contribution in [2.75, 3.05) is 4.72 Å². The fraction of sp³-hybridized carbons (Fsp3) is 0.143. The van der Waals surface area contributed by atoms with Crippen molar-refractivity contribution >= 4 is 22.6 Å². The Bertz CT molecular complexity index is 393. The van der Waals surface area contributed by atoms with Crippen LogP contribution in [0.5, 0.6) is 0 Å². The molecule has 76 valence electrons. The van der Waals surface area contributed by atoms with E-state index in [2.05, 4.69) is 4.72 Å². The molecule has 0 saturated heterocycles. The molecule has 0 bridgehead atoms. The number of nitrogens with one attached hydrogen (secondary N) is 1. The fourth-order valence-electron chi connectivity index (χ4n) is 0.928. The standard InChI is InChI=1S/C7H8N2O4S/c1-5-2-3-6(9(10)11)4-7(5)8-14(12)13/h2-4,8H,1H3,(H,12,13). The molecule has 0 fully saturated rings. The van der Waals surface area contributed by atoms with Crippen LogP contribution in [-0.2, 0) is 11.3 Å². The fourth-order valence-corrected chi connectivity index (χ4v) is 1.34. The molecule has 0 spiro atoms. The summed E-state index contributed by atoms with van der Waals surface area (Å²) in [5, 5.41) is 10.4. The van der Waals surface area contributed by atoms with Crippen molar-refractivity contribution in [3.63, 3.8) is 0 Å². The highest BCUT2D eigenvalue weighted by molar-refractivity contribution is 7.80. The summed E-state index contributed by atoms with van der Waals surface area (Å²) in [6.07, 6.45) is 0. The molecule has 0 aliphatic rings. The summed E-state index contributed by atoms with van der Waals surface area (Å²) in [4.78, 5) is 9.83. The third-order valence-corrected chi connectivity index (χ3v) is 2.02. The van der Waals surface area contributed by atoms with Gasteiger partial charge in [-0.25, -0.2) is 4.21 Å². The molecule has 0 aliphatic carbocycles.